The van der Waals surface area contributed by atoms with E-state index in [4.69, 9.17) is 18.9 Å². The SMILES string of the molecule is CCOC(OCC)OC(C)OC. The van der Waals surface area contributed by atoms with E-state index in [1.165, 1.54) is 0 Å². The molecule has 0 saturated heterocycles. The average Bonchev–Trinajstić information content (AvgIpc) is 2.05. The Morgan fingerprint density at radius 1 is 1.08 bits per heavy atom. The largest absolute Gasteiger partial charge is 0.356 e. The van der Waals surface area contributed by atoms with E-state index < -0.39 is 6.48 Å². The number of ether oxygens (including phenoxy) is 4. The molecule has 0 aliphatic carbocycles. The van der Waals surface area contributed by atoms with Gasteiger partial charge in [-0.3, -0.25) is 0 Å². The molecule has 0 aromatic heterocycles. The van der Waals surface area contributed by atoms with Crippen molar-refractivity contribution in [2.45, 2.75) is 33.5 Å². The van der Waals surface area contributed by atoms with Crippen molar-refractivity contribution in [2.75, 3.05) is 20.3 Å². The van der Waals surface area contributed by atoms with E-state index in [0.717, 1.165) is 0 Å². The molecular formula is C8H18O4. The van der Waals surface area contributed by atoms with Gasteiger partial charge in [-0.25, -0.2) is 0 Å². The van der Waals surface area contributed by atoms with Crippen molar-refractivity contribution in [1.29, 1.82) is 0 Å². The molecule has 0 aliphatic rings. The minimum atomic E-state index is -0.616. The molecule has 0 radical (unpaired) electrons. The highest BCUT2D eigenvalue weighted by Crippen LogP contribution is 2.02. The van der Waals surface area contributed by atoms with Crippen LogP contribution in [0.3, 0.4) is 0 Å². The molecule has 74 valence electrons. The summed E-state index contributed by atoms with van der Waals surface area (Å²) in [5.74, 6) is 0. The first-order valence-electron chi connectivity index (χ1n) is 4.16. The maximum Gasteiger partial charge on any atom is 0.273 e. The first-order chi connectivity index (χ1) is 5.74. The Morgan fingerprint density at radius 2 is 1.58 bits per heavy atom. The van der Waals surface area contributed by atoms with Crippen molar-refractivity contribution >= 4 is 0 Å². The summed E-state index contributed by atoms with van der Waals surface area (Å²) in [5, 5.41) is 0. The van der Waals surface area contributed by atoms with Gasteiger partial charge in [-0.15, -0.1) is 0 Å². The van der Waals surface area contributed by atoms with Crippen molar-refractivity contribution in [3.05, 3.63) is 0 Å². The molecule has 0 saturated carbocycles. The molecule has 0 bridgehead atoms. The van der Waals surface area contributed by atoms with Crippen LogP contribution >= 0.6 is 0 Å². The number of methoxy groups -OCH3 is 1. The summed E-state index contributed by atoms with van der Waals surface area (Å²) in [6.45, 7) is 6.04. The third kappa shape index (κ3) is 5.49. The highest BCUT2D eigenvalue weighted by Gasteiger charge is 2.11. The Labute approximate surface area is 73.7 Å². The fourth-order valence-electron chi connectivity index (χ4n) is 0.611. The van der Waals surface area contributed by atoms with Crippen LogP contribution < -0.4 is 0 Å². The fraction of sp³-hybridized carbons (Fsp3) is 1.00. The number of rotatable bonds is 7. The van der Waals surface area contributed by atoms with E-state index in [-0.39, 0.29) is 6.29 Å². The van der Waals surface area contributed by atoms with Crippen LogP contribution in [0.25, 0.3) is 0 Å². The van der Waals surface area contributed by atoms with Crippen molar-refractivity contribution in [3.63, 3.8) is 0 Å². The molecule has 1 atom stereocenters. The lowest BCUT2D eigenvalue weighted by molar-refractivity contribution is -0.331. The van der Waals surface area contributed by atoms with Crippen molar-refractivity contribution in [2.24, 2.45) is 0 Å². The standard InChI is InChI=1S/C8H18O4/c1-5-10-8(11-6-2)12-7(3)9-4/h7-8H,5-6H2,1-4H3. The van der Waals surface area contributed by atoms with Crippen LogP contribution in [0, 0.1) is 0 Å². The van der Waals surface area contributed by atoms with Crippen molar-refractivity contribution in [3.8, 4) is 0 Å². The zero-order valence-electron chi connectivity index (χ0n) is 8.20. The van der Waals surface area contributed by atoms with E-state index in [2.05, 4.69) is 0 Å². The second-order valence-corrected chi connectivity index (χ2v) is 2.14. The zero-order chi connectivity index (χ0) is 9.40. The smallest absolute Gasteiger partial charge is 0.273 e. The van der Waals surface area contributed by atoms with Gasteiger partial charge in [0.15, 0.2) is 6.29 Å². The third-order valence-corrected chi connectivity index (χ3v) is 1.24. The minimum Gasteiger partial charge on any atom is -0.356 e. The van der Waals surface area contributed by atoms with Crippen LogP contribution in [0.15, 0.2) is 0 Å². The Bertz CT molecular complexity index is 91.1. The van der Waals surface area contributed by atoms with Crippen molar-refractivity contribution < 1.29 is 18.9 Å². The van der Waals surface area contributed by atoms with Crippen LogP contribution in [-0.4, -0.2) is 33.1 Å². The Morgan fingerprint density at radius 3 is 1.92 bits per heavy atom. The summed E-state index contributed by atoms with van der Waals surface area (Å²) in [6, 6.07) is 0. The summed E-state index contributed by atoms with van der Waals surface area (Å²) in [6.07, 6.45) is -0.312. The maximum absolute atomic E-state index is 5.21. The molecule has 0 heterocycles. The van der Waals surface area contributed by atoms with Gasteiger partial charge in [0.1, 0.15) is 0 Å². The van der Waals surface area contributed by atoms with Gasteiger partial charge in [-0.2, -0.15) is 0 Å². The molecular weight excluding hydrogens is 160 g/mol. The molecule has 0 fully saturated rings. The van der Waals surface area contributed by atoms with Gasteiger partial charge in [-0.1, -0.05) is 0 Å². The predicted octanol–water partition coefficient (Wildman–Crippen LogP) is 1.35. The molecule has 0 N–H and O–H groups in total. The molecule has 0 spiro atoms. The van der Waals surface area contributed by atoms with E-state index in [0.29, 0.717) is 13.2 Å². The molecule has 0 aromatic rings. The minimum absolute atomic E-state index is 0.312. The number of hydrogen-bond donors (Lipinski definition) is 0. The average molecular weight is 178 g/mol. The van der Waals surface area contributed by atoms with Gasteiger partial charge in [0.25, 0.3) is 6.48 Å². The molecule has 0 rings (SSSR count). The quantitative estimate of drug-likeness (QED) is 0.551. The monoisotopic (exact) mass is 178 g/mol. The topological polar surface area (TPSA) is 36.9 Å². The van der Waals surface area contributed by atoms with Crippen LogP contribution in [-0.2, 0) is 18.9 Å². The first kappa shape index (κ1) is 11.8. The third-order valence-electron chi connectivity index (χ3n) is 1.24. The number of hydrogen-bond acceptors (Lipinski definition) is 4. The summed E-state index contributed by atoms with van der Waals surface area (Å²) < 4.78 is 20.4. The lowest BCUT2D eigenvalue weighted by atomic mass is 10.7. The molecule has 4 heteroatoms. The van der Waals surface area contributed by atoms with Gasteiger partial charge < -0.3 is 18.9 Å². The Kier molecular flexibility index (Phi) is 7.39. The van der Waals surface area contributed by atoms with Gasteiger partial charge in [-0.05, 0) is 20.8 Å². The van der Waals surface area contributed by atoms with Crippen LogP contribution in [0.2, 0.25) is 0 Å². The summed E-state index contributed by atoms with van der Waals surface area (Å²) in [5.41, 5.74) is 0. The lowest BCUT2D eigenvalue weighted by Crippen LogP contribution is -2.26. The molecule has 0 aliphatic heterocycles. The highest BCUT2D eigenvalue weighted by atomic mass is 16.9. The zero-order valence-corrected chi connectivity index (χ0v) is 8.20. The molecule has 0 amide bonds. The molecule has 0 aromatic carbocycles. The van der Waals surface area contributed by atoms with Gasteiger partial charge in [0, 0.05) is 20.3 Å². The fourth-order valence-corrected chi connectivity index (χ4v) is 0.611. The van der Waals surface area contributed by atoms with Gasteiger partial charge in [0.2, 0.25) is 0 Å². The molecule has 12 heavy (non-hydrogen) atoms. The molecule has 1 unspecified atom stereocenters. The second-order valence-electron chi connectivity index (χ2n) is 2.14. The normalized spacial score (nSPS) is 13.8. The predicted molar refractivity (Wildman–Crippen MR) is 44.6 cm³/mol. The van der Waals surface area contributed by atoms with Crippen LogP contribution in [0.5, 0.6) is 0 Å². The lowest BCUT2D eigenvalue weighted by Gasteiger charge is -2.20. The molecule has 4 nitrogen and oxygen atoms in total. The Balaban J connectivity index is 3.61. The van der Waals surface area contributed by atoms with Crippen LogP contribution in [0.1, 0.15) is 20.8 Å². The van der Waals surface area contributed by atoms with E-state index in [1.54, 1.807) is 14.0 Å². The van der Waals surface area contributed by atoms with Gasteiger partial charge >= 0.3 is 0 Å². The van der Waals surface area contributed by atoms with E-state index in [9.17, 15) is 0 Å². The van der Waals surface area contributed by atoms with Crippen LogP contribution in [0.4, 0.5) is 0 Å². The highest BCUT2D eigenvalue weighted by molar-refractivity contribution is 4.30. The van der Waals surface area contributed by atoms with E-state index in [1.807, 2.05) is 13.8 Å². The maximum atomic E-state index is 5.21. The van der Waals surface area contributed by atoms with Gasteiger partial charge in [0.05, 0.1) is 0 Å². The summed E-state index contributed by atoms with van der Waals surface area (Å²) in [4.78, 5) is 0. The van der Waals surface area contributed by atoms with Crippen molar-refractivity contribution in [1.82, 2.24) is 0 Å². The Hall–Kier alpha value is -0.160. The second kappa shape index (κ2) is 7.49. The summed E-state index contributed by atoms with van der Waals surface area (Å²) >= 11 is 0. The van der Waals surface area contributed by atoms with E-state index >= 15 is 0 Å². The summed E-state index contributed by atoms with van der Waals surface area (Å²) in [7, 11) is 1.57. The first-order valence-corrected chi connectivity index (χ1v) is 4.16.